The Kier molecular flexibility index (Phi) is 4.56. The van der Waals surface area contributed by atoms with Crippen LogP contribution < -0.4 is 10.5 Å². The third-order valence-corrected chi connectivity index (χ3v) is 2.59. The number of rotatable bonds is 5. The molecule has 1 aromatic carbocycles. The van der Waals surface area contributed by atoms with Crippen LogP contribution in [0.4, 0.5) is 0 Å². The highest BCUT2D eigenvalue weighted by molar-refractivity contribution is 5.39. The lowest BCUT2D eigenvalue weighted by Gasteiger charge is -2.15. The van der Waals surface area contributed by atoms with Gasteiger partial charge in [0.05, 0.1) is 0 Å². The molecule has 2 heteroatoms. The summed E-state index contributed by atoms with van der Waals surface area (Å²) in [4.78, 5) is 0. The first-order valence-electron chi connectivity index (χ1n) is 5.70. The Balaban J connectivity index is 2.84. The van der Waals surface area contributed by atoms with Crippen molar-refractivity contribution in [3.63, 3.8) is 0 Å². The van der Waals surface area contributed by atoms with Gasteiger partial charge in [-0.3, -0.25) is 0 Å². The van der Waals surface area contributed by atoms with Gasteiger partial charge in [-0.1, -0.05) is 25.6 Å². The maximum atomic E-state index is 5.90. The first kappa shape index (κ1) is 12.8. The molecule has 0 unspecified atom stereocenters. The number of ether oxygens (including phenoxy) is 1. The lowest BCUT2D eigenvalue weighted by Crippen LogP contribution is -2.09. The van der Waals surface area contributed by atoms with Crippen molar-refractivity contribution in [3.8, 4) is 5.75 Å². The first-order valence-corrected chi connectivity index (χ1v) is 5.70. The van der Waals surface area contributed by atoms with E-state index in [1.165, 1.54) is 5.56 Å². The van der Waals surface area contributed by atoms with Crippen LogP contribution in [0.3, 0.4) is 0 Å². The fourth-order valence-corrected chi connectivity index (χ4v) is 1.42. The second-order valence-electron chi connectivity index (χ2n) is 4.22. The monoisotopic (exact) mass is 219 g/mol. The standard InChI is InChI=1S/C14H21NO/c1-5-10(2)9-16-14-8-11(3)6-7-13(14)12(4)15/h6-8,12H,2,5,9,15H2,1,3-4H3/t12-/m0/s1. The molecule has 0 aliphatic heterocycles. The van der Waals surface area contributed by atoms with Crippen molar-refractivity contribution < 1.29 is 4.74 Å². The van der Waals surface area contributed by atoms with Gasteiger partial charge in [0.25, 0.3) is 0 Å². The van der Waals surface area contributed by atoms with Gasteiger partial charge in [0.2, 0.25) is 0 Å². The lowest BCUT2D eigenvalue weighted by atomic mass is 10.1. The van der Waals surface area contributed by atoms with Gasteiger partial charge >= 0.3 is 0 Å². The van der Waals surface area contributed by atoms with Gasteiger partial charge in [-0.25, -0.2) is 0 Å². The molecule has 0 aliphatic rings. The van der Waals surface area contributed by atoms with Crippen molar-refractivity contribution in [3.05, 3.63) is 41.5 Å². The number of hydrogen-bond donors (Lipinski definition) is 1. The molecule has 0 fully saturated rings. The first-order chi connectivity index (χ1) is 7.54. The summed E-state index contributed by atoms with van der Waals surface area (Å²) >= 11 is 0. The molecular weight excluding hydrogens is 198 g/mol. The van der Waals surface area contributed by atoms with Crippen LogP contribution in [0.5, 0.6) is 5.75 Å². The van der Waals surface area contributed by atoms with E-state index < -0.39 is 0 Å². The molecule has 0 saturated carbocycles. The van der Waals surface area contributed by atoms with E-state index in [0.29, 0.717) is 6.61 Å². The summed E-state index contributed by atoms with van der Waals surface area (Å²) in [6.45, 7) is 10.6. The number of nitrogens with two attached hydrogens (primary N) is 1. The Morgan fingerprint density at radius 2 is 2.19 bits per heavy atom. The molecule has 16 heavy (non-hydrogen) atoms. The van der Waals surface area contributed by atoms with Crippen molar-refractivity contribution in [2.75, 3.05) is 6.61 Å². The van der Waals surface area contributed by atoms with E-state index in [4.69, 9.17) is 10.5 Å². The highest BCUT2D eigenvalue weighted by atomic mass is 16.5. The predicted molar refractivity (Wildman–Crippen MR) is 68.7 cm³/mol. The van der Waals surface area contributed by atoms with Crippen LogP contribution in [-0.2, 0) is 0 Å². The smallest absolute Gasteiger partial charge is 0.124 e. The molecule has 1 atom stereocenters. The Labute approximate surface area is 98.1 Å². The molecule has 0 aromatic heterocycles. The second kappa shape index (κ2) is 5.71. The van der Waals surface area contributed by atoms with Gasteiger partial charge in [0.1, 0.15) is 12.4 Å². The van der Waals surface area contributed by atoms with E-state index in [1.54, 1.807) is 0 Å². The van der Waals surface area contributed by atoms with Gasteiger partial charge in [-0.2, -0.15) is 0 Å². The SMILES string of the molecule is C=C(CC)COc1cc(C)ccc1[C@H](C)N. The third-order valence-electron chi connectivity index (χ3n) is 2.59. The molecule has 1 rings (SSSR count). The molecule has 88 valence electrons. The fraction of sp³-hybridized carbons (Fsp3) is 0.429. The van der Waals surface area contributed by atoms with E-state index in [-0.39, 0.29) is 6.04 Å². The molecule has 0 saturated heterocycles. The molecule has 0 heterocycles. The molecule has 1 aromatic rings. The zero-order chi connectivity index (χ0) is 12.1. The number of benzene rings is 1. The summed E-state index contributed by atoms with van der Waals surface area (Å²) in [5.74, 6) is 0.879. The molecule has 0 radical (unpaired) electrons. The normalized spacial score (nSPS) is 12.2. The van der Waals surface area contributed by atoms with Crippen molar-refractivity contribution in [1.29, 1.82) is 0 Å². The number of aryl methyl sites for hydroxylation is 1. The molecule has 0 spiro atoms. The van der Waals surface area contributed by atoms with Crippen LogP contribution in [0, 0.1) is 6.92 Å². The predicted octanol–water partition coefficient (Wildman–Crippen LogP) is 3.36. The maximum Gasteiger partial charge on any atom is 0.124 e. The van der Waals surface area contributed by atoms with Gasteiger partial charge in [0.15, 0.2) is 0 Å². The number of hydrogen-bond acceptors (Lipinski definition) is 2. The molecule has 0 amide bonds. The molecular formula is C14H21NO. The summed E-state index contributed by atoms with van der Waals surface area (Å²) in [5, 5.41) is 0. The van der Waals surface area contributed by atoms with Crippen LogP contribution in [0.1, 0.15) is 37.4 Å². The molecule has 0 bridgehead atoms. The summed E-state index contributed by atoms with van der Waals surface area (Å²) in [7, 11) is 0. The molecule has 0 aliphatic carbocycles. The minimum Gasteiger partial charge on any atom is -0.489 e. The topological polar surface area (TPSA) is 35.2 Å². The molecule has 2 nitrogen and oxygen atoms in total. The fourth-order valence-electron chi connectivity index (χ4n) is 1.42. The summed E-state index contributed by atoms with van der Waals surface area (Å²) in [6, 6.07) is 6.11. The van der Waals surface area contributed by atoms with Crippen LogP contribution in [-0.4, -0.2) is 6.61 Å². The van der Waals surface area contributed by atoms with Crippen molar-refractivity contribution in [2.45, 2.75) is 33.2 Å². The zero-order valence-corrected chi connectivity index (χ0v) is 10.4. The van der Waals surface area contributed by atoms with E-state index >= 15 is 0 Å². The second-order valence-corrected chi connectivity index (χ2v) is 4.22. The van der Waals surface area contributed by atoms with Crippen molar-refractivity contribution in [2.24, 2.45) is 5.73 Å². The van der Waals surface area contributed by atoms with Crippen molar-refractivity contribution in [1.82, 2.24) is 0 Å². The Morgan fingerprint density at radius 3 is 2.75 bits per heavy atom. The third kappa shape index (κ3) is 3.38. The van der Waals surface area contributed by atoms with Crippen LogP contribution >= 0.6 is 0 Å². The van der Waals surface area contributed by atoms with Crippen molar-refractivity contribution >= 4 is 0 Å². The van der Waals surface area contributed by atoms with Gasteiger partial charge in [-0.05, 0) is 37.5 Å². The quantitative estimate of drug-likeness (QED) is 0.771. The largest absolute Gasteiger partial charge is 0.489 e. The van der Waals surface area contributed by atoms with E-state index in [2.05, 4.69) is 19.6 Å². The van der Waals surface area contributed by atoms with Crippen LogP contribution in [0.15, 0.2) is 30.4 Å². The summed E-state index contributed by atoms with van der Waals surface area (Å²) in [6.07, 6.45) is 0.944. The van der Waals surface area contributed by atoms with E-state index in [1.807, 2.05) is 26.0 Å². The van der Waals surface area contributed by atoms with Gasteiger partial charge in [0, 0.05) is 11.6 Å². The highest BCUT2D eigenvalue weighted by Gasteiger charge is 2.08. The Morgan fingerprint density at radius 1 is 1.50 bits per heavy atom. The molecule has 2 N–H and O–H groups in total. The maximum absolute atomic E-state index is 5.90. The van der Waals surface area contributed by atoms with Crippen LogP contribution in [0.25, 0.3) is 0 Å². The summed E-state index contributed by atoms with van der Waals surface area (Å²) in [5.41, 5.74) is 9.23. The van der Waals surface area contributed by atoms with Gasteiger partial charge < -0.3 is 10.5 Å². The van der Waals surface area contributed by atoms with E-state index in [9.17, 15) is 0 Å². The minimum atomic E-state index is -0.00880. The highest BCUT2D eigenvalue weighted by Crippen LogP contribution is 2.25. The average molecular weight is 219 g/mol. The summed E-state index contributed by atoms with van der Waals surface area (Å²) < 4.78 is 5.75. The van der Waals surface area contributed by atoms with E-state index in [0.717, 1.165) is 23.3 Å². The Bertz CT molecular complexity index is 369. The minimum absolute atomic E-state index is 0.00880. The zero-order valence-electron chi connectivity index (χ0n) is 10.4. The lowest BCUT2D eigenvalue weighted by molar-refractivity contribution is 0.343. The van der Waals surface area contributed by atoms with Gasteiger partial charge in [-0.15, -0.1) is 0 Å². The Hall–Kier alpha value is -1.28. The van der Waals surface area contributed by atoms with Crippen LogP contribution in [0.2, 0.25) is 0 Å². The average Bonchev–Trinajstić information content (AvgIpc) is 2.25.